The van der Waals surface area contributed by atoms with Gasteiger partial charge in [0.2, 0.25) is 5.95 Å². The quantitative estimate of drug-likeness (QED) is 0.462. The standard InChI is InChI=1S/C22H24N6S/c1-15-24-19-13-17(9-10-20(19)29-15)25-21-14-18(16-7-5-4-6-8-16)26-22(27-21)23-11-12-28(2)3/h4-10,13-14H,11-12H2,1-3H3,(H2,23,25,26,27). The van der Waals surface area contributed by atoms with E-state index >= 15 is 0 Å². The Kier molecular flexibility index (Phi) is 5.69. The van der Waals surface area contributed by atoms with Crippen molar-refractivity contribution in [3.8, 4) is 11.3 Å². The van der Waals surface area contributed by atoms with Crippen LogP contribution in [0.1, 0.15) is 5.01 Å². The summed E-state index contributed by atoms with van der Waals surface area (Å²) in [7, 11) is 4.10. The summed E-state index contributed by atoms with van der Waals surface area (Å²) in [5.74, 6) is 1.36. The van der Waals surface area contributed by atoms with E-state index in [1.807, 2.05) is 45.3 Å². The average molecular weight is 405 g/mol. The SMILES string of the molecule is Cc1nc2cc(Nc3cc(-c4ccccc4)nc(NCCN(C)C)n3)ccc2s1. The number of hydrogen-bond donors (Lipinski definition) is 2. The maximum atomic E-state index is 4.70. The Labute approximate surface area is 174 Å². The summed E-state index contributed by atoms with van der Waals surface area (Å²) in [6.45, 7) is 3.70. The number of nitrogens with zero attached hydrogens (tertiary/aromatic N) is 4. The second kappa shape index (κ2) is 8.55. The molecule has 148 valence electrons. The van der Waals surface area contributed by atoms with Crippen LogP contribution < -0.4 is 10.6 Å². The Bertz CT molecular complexity index is 1110. The van der Waals surface area contributed by atoms with Crippen molar-refractivity contribution in [2.75, 3.05) is 37.8 Å². The van der Waals surface area contributed by atoms with Gasteiger partial charge in [0.1, 0.15) is 5.82 Å². The summed E-state index contributed by atoms with van der Waals surface area (Å²) in [5, 5.41) is 7.82. The first-order chi connectivity index (χ1) is 14.1. The lowest BCUT2D eigenvalue weighted by molar-refractivity contribution is 0.425. The van der Waals surface area contributed by atoms with Crippen LogP contribution in [-0.4, -0.2) is 47.0 Å². The predicted molar refractivity (Wildman–Crippen MR) is 122 cm³/mol. The molecule has 0 atom stereocenters. The molecule has 6 nitrogen and oxygen atoms in total. The van der Waals surface area contributed by atoms with Crippen LogP contribution in [-0.2, 0) is 0 Å². The minimum absolute atomic E-state index is 0.612. The second-order valence-electron chi connectivity index (χ2n) is 7.10. The predicted octanol–water partition coefficient (Wildman–Crippen LogP) is 4.78. The van der Waals surface area contributed by atoms with Crippen LogP contribution in [0.3, 0.4) is 0 Å². The fraction of sp³-hybridized carbons (Fsp3) is 0.227. The monoisotopic (exact) mass is 404 g/mol. The average Bonchev–Trinajstić information content (AvgIpc) is 3.07. The molecule has 0 bridgehead atoms. The van der Waals surface area contributed by atoms with E-state index in [0.29, 0.717) is 5.95 Å². The number of hydrogen-bond acceptors (Lipinski definition) is 7. The van der Waals surface area contributed by atoms with Crippen molar-refractivity contribution in [2.45, 2.75) is 6.92 Å². The molecule has 0 fully saturated rings. The molecular weight excluding hydrogens is 380 g/mol. The number of rotatable bonds is 7. The number of anilines is 3. The topological polar surface area (TPSA) is 66.0 Å². The molecule has 0 unspecified atom stereocenters. The minimum atomic E-state index is 0.612. The van der Waals surface area contributed by atoms with Crippen LogP contribution in [0.25, 0.3) is 21.5 Å². The third-order valence-corrected chi connectivity index (χ3v) is 5.36. The number of likely N-dealkylation sites (N-methyl/N-ethyl adjacent to an activating group) is 1. The maximum absolute atomic E-state index is 4.70. The van der Waals surface area contributed by atoms with Gasteiger partial charge in [-0.15, -0.1) is 11.3 Å². The molecule has 4 aromatic rings. The van der Waals surface area contributed by atoms with Crippen LogP contribution in [0.4, 0.5) is 17.5 Å². The highest BCUT2D eigenvalue weighted by Gasteiger charge is 2.08. The number of thiazole rings is 1. The first kappa shape index (κ1) is 19.3. The molecule has 0 radical (unpaired) electrons. The lowest BCUT2D eigenvalue weighted by Crippen LogP contribution is -2.21. The van der Waals surface area contributed by atoms with E-state index in [2.05, 4.69) is 55.8 Å². The highest BCUT2D eigenvalue weighted by Crippen LogP contribution is 2.27. The Morgan fingerprint density at radius 1 is 0.966 bits per heavy atom. The fourth-order valence-electron chi connectivity index (χ4n) is 3.01. The molecule has 0 aliphatic heterocycles. The van der Waals surface area contributed by atoms with Crippen molar-refractivity contribution in [3.05, 3.63) is 59.6 Å². The zero-order valence-corrected chi connectivity index (χ0v) is 17.6. The Morgan fingerprint density at radius 2 is 1.79 bits per heavy atom. The van der Waals surface area contributed by atoms with E-state index < -0.39 is 0 Å². The molecule has 4 rings (SSSR count). The number of benzene rings is 2. The Balaban J connectivity index is 1.64. The van der Waals surface area contributed by atoms with Gasteiger partial charge in [0.15, 0.2) is 0 Å². The highest BCUT2D eigenvalue weighted by atomic mass is 32.1. The number of nitrogens with one attached hydrogen (secondary N) is 2. The van der Waals surface area contributed by atoms with Gasteiger partial charge in [-0.05, 0) is 39.2 Å². The molecule has 0 saturated carbocycles. The second-order valence-corrected chi connectivity index (χ2v) is 8.33. The van der Waals surface area contributed by atoms with Gasteiger partial charge in [-0.3, -0.25) is 0 Å². The molecule has 29 heavy (non-hydrogen) atoms. The highest BCUT2D eigenvalue weighted by molar-refractivity contribution is 7.18. The molecule has 2 aromatic carbocycles. The number of aryl methyl sites for hydroxylation is 1. The molecule has 0 saturated heterocycles. The lowest BCUT2D eigenvalue weighted by atomic mass is 10.1. The zero-order chi connectivity index (χ0) is 20.2. The van der Waals surface area contributed by atoms with Gasteiger partial charge in [-0.1, -0.05) is 30.3 Å². The normalized spacial score (nSPS) is 11.2. The molecule has 0 aliphatic carbocycles. The first-order valence-corrected chi connectivity index (χ1v) is 10.4. The van der Waals surface area contributed by atoms with Gasteiger partial charge >= 0.3 is 0 Å². The van der Waals surface area contributed by atoms with Crippen LogP contribution >= 0.6 is 11.3 Å². The van der Waals surface area contributed by atoms with Crippen molar-refractivity contribution in [2.24, 2.45) is 0 Å². The molecule has 2 N–H and O–H groups in total. The van der Waals surface area contributed by atoms with Crippen molar-refractivity contribution in [1.82, 2.24) is 19.9 Å². The van der Waals surface area contributed by atoms with Gasteiger partial charge in [0.25, 0.3) is 0 Å². The molecule has 7 heteroatoms. The van der Waals surface area contributed by atoms with E-state index in [-0.39, 0.29) is 0 Å². The zero-order valence-electron chi connectivity index (χ0n) is 16.8. The summed E-state index contributed by atoms with van der Waals surface area (Å²) in [5.41, 5.74) is 3.89. The molecular formula is C22H24N6S. The van der Waals surface area contributed by atoms with E-state index in [1.165, 1.54) is 4.70 Å². The van der Waals surface area contributed by atoms with Gasteiger partial charge < -0.3 is 15.5 Å². The van der Waals surface area contributed by atoms with Gasteiger partial charge in [-0.25, -0.2) is 9.97 Å². The Hall–Kier alpha value is -3.03. The van der Waals surface area contributed by atoms with Crippen molar-refractivity contribution < 1.29 is 0 Å². The molecule has 0 aliphatic rings. The summed E-state index contributed by atoms with van der Waals surface area (Å²) < 4.78 is 1.19. The summed E-state index contributed by atoms with van der Waals surface area (Å²) in [6, 6.07) is 18.3. The van der Waals surface area contributed by atoms with Gasteiger partial charge in [0, 0.05) is 30.4 Å². The van der Waals surface area contributed by atoms with Crippen molar-refractivity contribution >= 4 is 39.0 Å². The first-order valence-electron chi connectivity index (χ1n) is 9.54. The number of aromatic nitrogens is 3. The van der Waals surface area contributed by atoms with E-state index in [0.717, 1.165) is 46.4 Å². The summed E-state index contributed by atoms with van der Waals surface area (Å²) in [4.78, 5) is 16.1. The van der Waals surface area contributed by atoms with E-state index in [1.54, 1.807) is 11.3 Å². The number of fused-ring (bicyclic) bond motifs is 1. The fourth-order valence-corrected chi connectivity index (χ4v) is 3.81. The molecule has 2 aromatic heterocycles. The molecule has 0 amide bonds. The third kappa shape index (κ3) is 4.88. The maximum Gasteiger partial charge on any atom is 0.225 e. The van der Waals surface area contributed by atoms with Crippen LogP contribution in [0.2, 0.25) is 0 Å². The van der Waals surface area contributed by atoms with E-state index in [4.69, 9.17) is 4.98 Å². The lowest BCUT2D eigenvalue weighted by Gasteiger charge is -2.13. The minimum Gasteiger partial charge on any atom is -0.353 e. The van der Waals surface area contributed by atoms with Gasteiger partial charge in [-0.2, -0.15) is 4.98 Å². The largest absolute Gasteiger partial charge is 0.353 e. The van der Waals surface area contributed by atoms with Crippen molar-refractivity contribution in [3.63, 3.8) is 0 Å². The van der Waals surface area contributed by atoms with Crippen LogP contribution in [0.5, 0.6) is 0 Å². The van der Waals surface area contributed by atoms with Crippen LogP contribution in [0.15, 0.2) is 54.6 Å². The summed E-state index contributed by atoms with van der Waals surface area (Å²) in [6.07, 6.45) is 0. The van der Waals surface area contributed by atoms with Crippen molar-refractivity contribution in [1.29, 1.82) is 0 Å². The van der Waals surface area contributed by atoms with Crippen LogP contribution in [0, 0.1) is 6.92 Å². The Morgan fingerprint density at radius 3 is 2.59 bits per heavy atom. The van der Waals surface area contributed by atoms with E-state index in [9.17, 15) is 0 Å². The smallest absolute Gasteiger partial charge is 0.225 e. The molecule has 0 spiro atoms. The molecule has 2 heterocycles. The summed E-state index contributed by atoms with van der Waals surface area (Å²) >= 11 is 1.70. The van der Waals surface area contributed by atoms with Gasteiger partial charge in [0.05, 0.1) is 20.9 Å². The third-order valence-electron chi connectivity index (χ3n) is 4.40.